The number of aliphatic hydroxyl groups excluding tert-OH is 2. The lowest BCUT2D eigenvalue weighted by atomic mass is 9.78. The Balaban J connectivity index is 1.15. The van der Waals surface area contributed by atoms with Gasteiger partial charge in [-0.05, 0) is 64.6 Å². The molecule has 7 aliphatic rings. The standard InChI is InChI=1S/C57H80N6O12/c1-31(2)30-61-26-20-57(21-27-61)59-45-42-43-50(68)37(8)53-44(42)54(70)56(9,75-53)73-28-19-39(72-10)34(5)52(74-41(65)29-40(64)63-24-17-38(18-25-63)62-22-12-11-13-23-62)36(7)49(67)35(6)48(66)32(3)15-14-16-33(4)55(71)58-47(51(43)69)46(45)60-57/h14-16,19,28,31-32,34-36,38-39,48-49,52,59,66-69H,11-13,17-18,20-27,29-30H2,1-10H3/b15-14+,28-19+,33-16-,58-47?/t32-,34+,35+,36+,39-,48-,49+,52+,56-/m0/s1. The van der Waals surface area contributed by atoms with Crippen molar-refractivity contribution in [2.75, 3.05) is 58.2 Å². The number of phenols is 2. The summed E-state index contributed by atoms with van der Waals surface area (Å²) in [6.45, 7) is 21.4. The number of fused-ring (bicyclic) bond motifs is 13. The number of likely N-dealkylation sites (tertiary alicyclic amines) is 3. The zero-order valence-corrected chi connectivity index (χ0v) is 45.6. The van der Waals surface area contributed by atoms with Gasteiger partial charge in [0.1, 0.15) is 40.4 Å². The molecule has 3 saturated heterocycles. The second-order valence-electron chi connectivity index (χ2n) is 22.7. The number of benzene rings is 2. The van der Waals surface area contributed by atoms with Gasteiger partial charge < -0.3 is 59.4 Å². The number of esters is 1. The number of hydrogen-bond donors (Lipinski definition) is 5. The van der Waals surface area contributed by atoms with Crippen molar-refractivity contribution < 1.29 is 58.6 Å². The van der Waals surface area contributed by atoms with Gasteiger partial charge in [-0.3, -0.25) is 24.2 Å². The molecule has 7 heterocycles. The highest BCUT2D eigenvalue weighted by Gasteiger charge is 2.51. The van der Waals surface area contributed by atoms with Crippen molar-refractivity contribution in [2.45, 2.75) is 156 Å². The molecule has 0 aromatic heterocycles. The molecule has 5 bridgehead atoms. The maximum absolute atomic E-state index is 15.0. The Morgan fingerprint density at radius 2 is 1.56 bits per heavy atom. The first-order valence-corrected chi connectivity index (χ1v) is 27.2. The van der Waals surface area contributed by atoms with E-state index in [0.717, 1.165) is 32.5 Å². The van der Waals surface area contributed by atoms with E-state index >= 15 is 0 Å². The number of amides is 2. The summed E-state index contributed by atoms with van der Waals surface area (Å²) in [6, 6.07) is 0.416. The number of nitrogens with zero attached hydrogens (tertiary/aromatic N) is 5. The van der Waals surface area contributed by atoms with Gasteiger partial charge in [0.05, 0.1) is 41.2 Å². The van der Waals surface area contributed by atoms with E-state index in [0.29, 0.717) is 56.7 Å². The number of ether oxygens (including phenoxy) is 4. The van der Waals surface area contributed by atoms with E-state index in [-0.39, 0.29) is 55.6 Å². The lowest BCUT2D eigenvalue weighted by Gasteiger charge is -2.40. The molecule has 2 aromatic rings. The van der Waals surface area contributed by atoms with Crippen LogP contribution in [-0.2, 0) is 28.6 Å². The molecule has 3 fully saturated rings. The van der Waals surface area contributed by atoms with Crippen LogP contribution in [0, 0.1) is 36.5 Å². The summed E-state index contributed by atoms with van der Waals surface area (Å²) in [5.41, 5.74) is -0.209. The lowest BCUT2D eigenvalue weighted by molar-refractivity contribution is -0.165. The van der Waals surface area contributed by atoms with E-state index in [2.05, 4.69) is 34.0 Å². The lowest BCUT2D eigenvalue weighted by Crippen LogP contribution is -2.49. The van der Waals surface area contributed by atoms with Crippen molar-refractivity contribution in [3.8, 4) is 17.2 Å². The number of piperidine rings is 3. The van der Waals surface area contributed by atoms with E-state index in [1.165, 1.54) is 45.6 Å². The molecule has 75 heavy (non-hydrogen) atoms. The quantitative estimate of drug-likeness (QED) is 0.129. The van der Waals surface area contributed by atoms with Crippen molar-refractivity contribution in [3.63, 3.8) is 0 Å². The number of nitrogens with one attached hydrogen (secondary N) is 1. The van der Waals surface area contributed by atoms with Gasteiger partial charge in [-0.2, -0.15) is 0 Å². The highest BCUT2D eigenvalue weighted by atomic mass is 16.7. The topological polar surface area (TPSA) is 233 Å². The summed E-state index contributed by atoms with van der Waals surface area (Å²) >= 11 is 0. The molecule has 9 rings (SSSR count). The number of carbonyl (C=O) groups excluding carboxylic acids is 4. The first kappa shape index (κ1) is 55.8. The minimum absolute atomic E-state index is 0.0334. The molecule has 0 aliphatic carbocycles. The molecule has 2 amide bonds. The minimum Gasteiger partial charge on any atom is -0.507 e. The van der Waals surface area contributed by atoms with Gasteiger partial charge in [0.2, 0.25) is 5.91 Å². The van der Waals surface area contributed by atoms with Gasteiger partial charge >= 0.3 is 11.8 Å². The fourth-order valence-electron chi connectivity index (χ4n) is 12.2. The Hall–Kier alpha value is -5.40. The largest absolute Gasteiger partial charge is 0.507 e. The number of ketones is 1. The predicted molar refractivity (Wildman–Crippen MR) is 282 cm³/mol. The van der Waals surface area contributed by atoms with Crippen LogP contribution in [-0.4, -0.2) is 154 Å². The number of anilines is 1. The Morgan fingerprint density at radius 1 is 0.880 bits per heavy atom. The maximum atomic E-state index is 15.0. The fourth-order valence-corrected chi connectivity index (χ4v) is 12.2. The summed E-state index contributed by atoms with van der Waals surface area (Å²) in [7, 11) is 1.46. The summed E-state index contributed by atoms with van der Waals surface area (Å²) in [6.07, 6.45) is 9.33. The molecular formula is C57H80N6O12. The molecule has 0 unspecified atom stereocenters. The first-order valence-electron chi connectivity index (χ1n) is 27.2. The Labute approximate surface area is 440 Å². The van der Waals surface area contributed by atoms with Crippen molar-refractivity contribution in [3.05, 3.63) is 58.0 Å². The van der Waals surface area contributed by atoms with Crippen LogP contribution < -0.4 is 20.8 Å². The molecule has 9 atom stereocenters. The number of rotatable bonds is 7. The first-order chi connectivity index (χ1) is 35.6. The van der Waals surface area contributed by atoms with Gasteiger partial charge in [-0.1, -0.05) is 66.2 Å². The molecule has 2 aromatic carbocycles. The third-order valence-electron chi connectivity index (χ3n) is 16.9. The zero-order chi connectivity index (χ0) is 54.3. The van der Waals surface area contributed by atoms with Crippen molar-refractivity contribution in [1.29, 1.82) is 0 Å². The number of Topliss-reactive ketones (excluding diaryl/α,β-unsaturated/α-hetero) is 1. The molecule has 1 spiro atoms. The summed E-state index contributed by atoms with van der Waals surface area (Å²) < 4.78 is 24.8. The number of phenolic OH excluding ortho intramolecular Hbond substituents is 2. The summed E-state index contributed by atoms with van der Waals surface area (Å²) in [5, 5.41) is 51.5. The Kier molecular flexibility index (Phi) is 16.9. The molecular weight excluding hydrogens is 961 g/mol. The fraction of sp³-hybridized carbons (Fsp3) is 0.649. The van der Waals surface area contributed by atoms with Crippen molar-refractivity contribution >= 4 is 40.0 Å². The van der Waals surface area contributed by atoms with Gasteiger partial charge in [-0.15, -0.1) is 0 Å². The SMILES string of the molecule is CO[C@H]1/C=C/O[C@@]2(C)Oc3c(C)c(O)c4c(O)c(c5c(c4c3C2=O)NC2(CCN(CC(C)C)CC2)N=5)=NC(=O)/C(C)=C\C=C\[C@H](C)[C@H](O)[C@@H](C)[C@@H](O)[C@@H](C)[C@H](OC(=O)CC(=O)N2CCC(N3CCCCC3)CC2)[C@@H]1C. The van der Waals surface area contributed by atoms with Crippen molar-refractivity contribution in [1.82, 2.24) is 14.7 Å². The van der Waals surface area contributed by atoms with Crippen LogP contribution in [0.3, 0.4) is 0 Å². The highest BCUT2D eigenvalue weighted by molar-refractivity contribution is 6.21. The average molecular weight is 1040 g/mol. The van der Waals surface area contributed by atoms with Crippen LogP contribution in [0.15, 0.2) is 46.1 Å². The van der Waals surface area contributed by atoms with Crippen LogP contribution in [0.25, 0.3) is 10.8 Å². The summed E-state index contributed by atoms with van der Waals surface area (Å²) in [5.74, 6) is -7.68. The number of hydrogen-bond acceptors (Lipinski definition) is 16. The number of allylic oxidation sites excluding steroid dienone is 2. The van der Waals surface area contributed by atoms with Crippen molar-refractivity contribution in [2.24, 2.45) is 39.6 Å². The van der Waals surface area contributed by atoms with E-state index in [1.807, 2.05) is 0 Å². The number of aromatic hydroxyl groups is 2. The molecule has 0 saturated carbocycles. The van der Waals surface area contributed by atoms with E-state index in [9.17, 15) is 39.6 Å². The molecule has 7 aliphatic heterocycles. The van der Waals surface area contributed by atoms with Crippen LogP contribution in [0.1, 0.15) is 123 Å². The Morgan fingerprint density at radius 3 is 2.21 bits per heavy atom. The monoisotopic (exact) mass is 1040 g/mol. The molecule has 410 valence electrons. The number of carbonyl (C=O) groups is 4. The molecule has 0 radical (unpaired) electrons. The third kappa shape index (κ3) is 11.2. The van der Waals surface area contributed by atoms with E-state index < -0.39 is 89.4 Å². The second kappa shape index (κ2) is 22.7. The van der Waals surface area contributed by atoms with E-state index in [4.69, 9.17) is 23.9 Å². The second-order valence-corrected chi connectivity index (χ2v) is 22.7. The molecule has 18 nitrogen and oxygen atoms in total. The van der Waals surface area contributed by atoms with Gasteiger partial charge in [0, 0.05) is 106 Å². The predicted octanol–water partition coefficient (Wildman–Crippen LogP) is 5.60. The zero-order valence-electron chi connectivity index (χ0n) is 45.6. The third-order valence-corrected chi connectivity index (χ3v) is 16.9. The van der Waals surface area contributed by atoms with E-state index in [1.54, 1.807) is 64.7 Å². The summed E-state index contributed by atoms with van der Waals surface area (Å²) in [4.78, 5) is 72.8. The van der Waals surface area contributed by atoms with Crippen LogP contribution in [0.4, 0.5) is 5.69 Å². The number of aliphatic hydroxyl groups is 2. The molecule has 5 N–H and O–H groups in total. The Bertz CT molecular complexity index is 2740. The van der Waals surface area contributed by atoms with Crippen LogP contribution in [0.5, 0.6) is 17.2 Å². The molecule has 18 heteroatoms. The van der Waals surface area contributed by atoms with Gasteiger partial charge in [0.15, 0.2) is 5.75 Å². The van der Waals surface area contributed by atoms with Crippen LogP contribution in [0.2, 0.25) is 0 Å². The average Bonchev–Trinajstić information content (AvgIpc) is 3.95. The smallest absolute Gasteiger partial charge is 0.315 e. The minimum atomic E-state index is -2.01. The maximum Gasteiger partial charge on any atom is 0.315 e. The van der Waals surface area contributed by atoms with Gasteiger partial charge in [-0.25, -0.2) is 4.99 Å². The normalized spacial score (nSPS) is 31.7. The van der Waals surface area contributed by atoms with Gasteiger partial charge in [0.25, 0.3) is 11.7 Å². The number of methoxy groups -OCH3 is 1. The highest BCUT2D eigenvalue weighted by Crippen LogP contribution is 2.51. The van der Waals surface area contributed by atoms with Crippen LogP contribution >= 0.6 is 0 Å².